The molecule has 0 aromatic carbocycles. The van der Waals surface area contributed by atoms with Crippen molar-refractivity contribution in [1.82, 2.24) is 30.7 Å². The molecule has 2 aliphatic carbocycles. The van der Waals surface area contributed by atoms with Crippen molar-refractivity contribution in [2.24, 2.45) is 0 Å². The number of hydrogen-bond donors (Lipinski definition) is 0. The zero-order chi connectivity index (χ0) is 6.93. The predicted octanol–water partition coefficient (Wildman–Crippen LogP) is -2.40. The second-order valence-corrected chi connectivity index (χ2v) is 4.87. The molecule has 0 bridgehead atoms. The molecule has 0 aromatic heterocycles. The Morgan fingerprint density at radius 1 is 0.333 bits per heavy atom. The van der Waals surface area contributed by atoms with E-state index in [4.69, 9.17) is 0 Å². The van der Waals surface area contributed by atoms with Gasteiger partial charge in [-0.25, -0.2) is 0 Å². The van der Waals surface area contributed by atoms with Gasteiger partial charge in [-0.3, -0.25) is 0 Å². The van der Waals surface area contributed by atoms with Crippen LogP contribution in [0.4, 0.5) is 0 Å². The second kappa shape index (κ2) is 0.802. The molecule has 8 fully saturated rings. The summed E-state index contributed by atoms with van der Waals surface area (Å²) in [4.78, 5) is 0. The minimum atomic E-state index is 0.829. The topological polar surface area (TPSA) is 19.4 Å². The Balaban J connectivity index is 1.81. The van der Waals surface area contributed by atoms with Crippen LogP contribution in [0, 0.1) is 0 Å². The highest BCUT2D eigenvalue weighted by Crippen LogP contribution is 2.75. The number of hydrogen-bond acceptors (Lipinski definition) is 6. The standard InChI is InChI=1S/C6H6N6/c1-2-3(1)9-11-5-4-6(5)12(9)8(2)10(4)7(1)11/h1-6H. The van der Waals surface area contributed by atoms with Gasteiger partial charge in [-0.2, -0.15) is 0 Å². The first-order valence-electron chi connectivity index (χ1n) is 4.75. The van der Waals surface area contributed by atoms with E-state index < -0.39 is 0 Å². The monoisotopic (exact) mass is 162 g/mol. The maximum Gasteiger partial charge on any atom is 0.0838 e. The third kappa shape index (κ3) is 0.163. The fourth-order valence-electron chi connectivity index (χ4n) is 4.37. The van der Waals surface area contributed by atoms with E-state index in [0.717, 1.165) is 36.3 Å². The first-order valence-corrected chi connectivity index (χ1v) is 4.75. The Labute approximate surface area is 67.9 Å². The lowest BCUT2D eigenvalue weighted by molar-refractivity contribution is -0.356. The van der Waals surface area contributed by atoms with Gasteiger partial charge in [-0.15, -0.1) is 30.7 Å². The summed E-state index contributed by atoms with van der Waals surface area (Å²) in [6, 6.07) is 4.97. The lowest BCUT2D eigenvalue weighted by atomic mass is 10.6. The van der Waals surface area contributed by atoms with E-state index in [1.165, 1.54) is 0 Å². The molecule has 0 amide bonds. The van der Waals surface area contributed by atoms with Crippen LogP contribution >= 0.6 is 0 Å². The van der Waals surface area contributed by atoms with Crippen molar-refractivity contribution in [2.45, 2.75) is 36.3 Å². The molecule has 0 atom stereocenters. The van der Waals surface area contributed by atoms with E-state index >= 15 is 0 Å². The molecular formula is C6H6N6. The summed E-state index contributed by atoms with van der Waals surface area (Å²) in [5.41, 5.74) is 0. The van der Waals surface area contributed by atoms with Crippen molar-refractivity contribution < 1.29 is 0 Å². The number of rotatable bonds is 0. The summed E-state index contributed by atoms with van der Waals surface area (Å²) in [5.74, 6) is 0. The zero-order valence-electron chi connectivity index (χ0n) is 6.15. The summed E-state index contributed by atoms with van der Waals surface area (Å²) in [5, 5.41) is 15.0. The molecule has 0 aromatic rings. The van der Waals surface area contributed by atoms with E-state index in [1.807, 2.05) is 0 Å². The van der Waals surface area contributed by atoms with Gasteiger partial charge in [0.15, 0.2) is 0 Å². The van der Waals surface area contributed by atoms with E-state index in [0.29, 0.717) is 0 Å². The maximum absolute atomic E-state index is 2.50. The van der Waals surface area contributed by atoms with Crippen molar-refractivity contribution in [3.05, 3.63) is 0 Å². The van der Waals surface area contributed by atoms with Crippen molar-refractivity contribution in [3.63, 3.8) is 0 Å². The molecule has 60 valence electrons. The van der Waals surface area contributed by atoms with Crippen LogP contribution in [0.15, 0.2) is 0 Å². The summed E-state index contributed by atoms with van der Waals surface area (Å²) >= 11 is 0. The Morgan fingerprint density at radius 2 is 0.500 bits per heavy atom. The van der Waals surface area contributed by atoms with E-state index in [9.17, 15) is 0 Å². The zero-order valence-corrected chi connectivity index (χ0v) is 6.15. The Hall–Kier alpha value is -0.240. The normalized spacial score (nSPS) is 81.0. The van der Waals surface area contributed by atoms with Crippen molar-refractivity contribution in [3.8, 4) is 0 Å². The molecule has 6 heteroatoms. The fourth-order valence-corrected chi connectivity index (χ4v) is 4.37. The molecule has 8 rings (SSSR count). The predicted molar refractivity (Wildman–Crippen MR) is 33.8 cm³/mol. The van der Waals surface area contributed by atoms with Crippen LogP contribution in [0.5, 0.6) is 0 Å². The molecule has 2 saturated carbocycles. The third-order valence-corrected chi connectivity index (χ3v) is 4.68. The molecular weight excluding hydrogens is 156 g/mol. The summed E-state index contributed by atoms with van der Waals surface area (Å²) in [7, 11) is 0. The Kier molecular flexibility index (Phi) is 0.288. The molecule has 6 nitrogen and oxygen atoms in total. The fraction of sp³-hybridized carbons (Fsp3) is 1.00. The minimum Gasteiger partial charge on any atom is -0.137 e. The van der Waals surface area contributed by atoms with Gasteiger partial charge in [0, 0.05) is 0 Å². The van der Waals surface area contributed by atoms with Gasteiger partial charge in [0.2, 0.25) is 0 Å². The quantitative estimate of drug-likeness (QED) is 0.392. The molecule has 0 unspecified atom stereocenters. The number of hydrazine groups is 6. The highest BCUT2D eigenvalue weighted by atomic mass is 16.4. The largest absolute Gasteiger partial charge is 0.137 e. The highest BCUT2D eigenvalue weighted by Gasteiger charge is 2.99. The van der Waals surface area contributed by atoms with Crippen LogP contribution in [-0.2, 0) is 0 Å². The van der Waals surface area contributed by atoms with Gasteiger partial charge in [0.25, 0.3) is 0 Å². The molecule has 12 heavy (non-hydrogen) atoms. The van der Waals surface area contributed by atoms with Gasteiger partial charge in [0.05, 0.1) is 36.3 Å². The summed E-state index contributed by atoms with van der Waals surface area (Å²) in [6.07, 6.45) is 0. The van der Waals surface area contributed by atoms with E-state index in [-0.39, 0.29) is 0 Å². The maximum atomic E-state index is 2.50. The molecule has 0 N–H and O–H groups in total. The highest BCUT2D eigenvalue weighted by molar-refractivity contribution is 5.39. The molecule has 8 aliphatic rings. The second-order valence-electron chi connectivity index (χ2n) is 4.87. The molecule has 6 heterocycles. The van der Waals surface area contributed by atoms with Gasteiger partial charge in [0.1, 0.15) is 0 Å². The molecule has 0 radical (unpaired) electrons. The minimum absolute atomic E-state index is 0.829. The average Bonchev–Trinajstić information content (AvgIpc) is 2.51. The van der Waals surface area contributed by atoms with Crippen LogP contribution in [0.1, 0.15) is 0 Å². The molecule has 6 aliphatic heterocycles. The van der Waals surface area contributed by atoms with Crippen LogP contribution in [-0.4, -0.2) is 67.0 Å². The van der Waals surface area contributed by atoms with Crippen molar-refractivity contribution >= 4 is 0 Å². The lowest BCUT2D eigenvalue weighted by Crippen LogP contribution is -2.55. The lowest BCUT2D eigenvalue weighted by Gasteiger charge is -2.36. The smallest absolute Gasteiger partial charge is 0.0838 e. The SMILES string of the molecule is C12C3C1N1N4C5C6C5N1N3N6N24. The van der Waals surface area contributed by atoms with Gasteiger partial charge in [-0.1, -0.05) is 0 Å². The first kappa shape index (κ1) is 4.32. The van der Waals surface area contributed by atoms with Crippen molar-refractivity contribution in [2.75, 3.05) is 0 Å². The van der Waals surface area contributed by atoms with Crippen LogP contribution < -0.4 is 0 Å². The van der Waals surface area contributed by atoms with Crippen LogP contribution in [0.3, 0.4) is 0 Å². The Morgan fingerprint density at radius 3 is 0.667 bits per heavy atom. The first-order chi connectivity index (χ1) is 6.00. The van der Waals surface area contributed by atoms with Crippen molar-refractivity contribution in [1.29, 1.82) is 0 Å². The average molecular weight is 162 g/mol. The van der Waals surface area contributed by atoms with Gasteiger partial charge in [-0.05, 0) is 0 Å². The van der Waals surface area contributed by atoms with Crippen LogP contribution in [0.2, 0.25) is 0 Å². The van der Waals surface area contributed by atoms with Gasteiger partial charge < -0.3 is 0 Å². The Bertz CT molecular complexity index is 267. The summed E-state index contributed by atoms with van der Waals surface area (Å²) in [6.45, 7) is 0. The van der Waals surface area contributed by atoms with Crippen LogP contribution in [0.25, 0.3) is 0 Å². The van der Waals surface area contributed by atoms with Gasteiger partial charge >= 0.3 is 0 Å². The van der Waals surface area contributed by atoms with E-state index in [2.05, 4.69) is 30.7 Å². The molecule has 0 spiro atoms. The molecule has 6 saturated heterocycles. The summed E-state index contributed by atoms with van der Waals surface area (Å²) < 4.78 is 0. The number of nitrogens with zero attached hydrogens (tertiary/aromatic N) is 6. The van der Waals surface area contributed by atoms with E-state index in [1.54, 1.807) is 0 Å². The third-order valence-electron chi connectivity index (χ3n) is 4.68.